The highest BCUT2D eigenvalue weighted by molar-refractivity contribution is 5.85. The van der Waals surface area contributed by atoms with Gasteiger partial charge in [0.25, 0.3) is 5.91 Å². The molecule has 1 amide bonds. The van der Waals surface area contributed by atoms with Crippen molar-refractivity contribution in [2.24, 2.45) is 0 Å². The predicted molar refractivity (Wildman–Crippen MR) is 101 cm³/mol. The highest BCUT2D eigenvalue weighted by atomic mass is 16.5. The van der Waals surface area contributed by atoms with E-state index in [9.17, 15) is 9.59 Å². The van der Waals surface area contributed by atoms with Crippen LogP contribution in [0.3, 0.4) is 0 Å². The second kappa shape index (κ2) is 8.85. The minimum absolute atomic E-state index is 0.301. The molecule has 0 fully saturated rings. The van der Waals surface area contributed by atoms with Crippen molar-refractivity contribution in [3.8, 4) is 0 Å². The molecule has 5 nitrogen and oxygen atoms in total. The second-order valence-corrected chi connectivity index (χ2v) is 6.17. The van der Waals surface area contributed by atoms with Gasteiger partial charge in [0.2, 0.25) is 0 Å². The van der Waals surface area contributed by atoms with Crippen LogP contribution in [0.5, 0.6) is 0 Å². The fourth-order valence-electron chi connectivity index (χ4n) is 2.87. The second-order valence-electron chi connectivity index (χ2n) is 6.17. The fraction of sp³-hybridized carbons (Fsp3) is 0.182. The number of rotatable bonds is 7. The van der Waals surface area contributed by atoms with Gasteiger partial charge in [0.05, 0.1) is 12.3 Å². The summed E-state index contributed by atoms with van der Waals surface area (Å²) in [5.74, 6) is -0.788. The normalized spacial score (nSPS) is 11.8. The van der Waals surface area contributed by atoms with Crippen molar-refractivity contribution < 1.29 is 18.7 Å². The molecule has 0 aliphatic rings. The van der Waals surface area contributed by atoms with Gasteiger partial charge in [-0.05, 0) is 30.2 Å². The molecule has 0 unspecified atom stereocenters. The molecule has 0 aliphatic carbocycles. The van der Waals surface area contributed by atoms with E-state index in [2.05, 4.69) is 5.32 Å². The van der Waals surface area contributed by atoms with Gasteiger partial charge >= 0.3 is 5.97 Å². The summed E-state index contributed by atoms with van der Waals surface area (Å²) in [6, 6.07) is 22.0. The van der Waals surface area contributed by atoms with Crippen LogP contribution in [-0.4, -0.2) is 18.5 Å². The van der Waals surface area contributed by atoms with Crippen molar-refractivity contribution in [2.45, 2.75) is 18.9 Å². The number of furan rings is 1. The Morgan fingerprint density at radius 2 is 1.52 bits per heavy atom. The molecule has 1 atom stereocenters. The van der Waals surface area contributed by atoms with E-state index in [1.165, 1.54) is 0 Å². The first-order valence-corrected chi connectivity index (χ1v) is 8.74. The van der Waals surface area contributed by atoms with E-state index in [0.717, 1.165) is 11.1 Å². The molecular weight excluding hydrogens is 342 g/mol. The molecule has 0 aliphatic heterocycles. The first-order valence-electron chi connectivity index (χ1n) is 8.74. The highest BCUT2D eigenvalue weighted by Crippen LogP contribution is 2.25. The summed E-state index contributed by atoms with van der Waals surface area (Å²) >= 11 is 0. The molecule has 3 rings (SSSR count). The third-order valence-electron chi connectivity index (χ3n) is 4.19. The molecule has 138 valence electrons. The van der Waals surface area contributed by atoms with E-state index in [1.807, 2.05) is 60.7 Å². The molecule has 27 heavy (non-hydrogen) atoms. The molecule has 5 heteroatoms. The highest BCUT2D eigenvalue weighted by Gasteiger charge is 2.25. The molecule has 0 saturated carbocycles. The number of ether oxygens (including phenoxy) is 1. The lowest BCUT2D eigenvalue weighted by molar-refractivity contribution is -0.149. The van der Waals surface area contributed by atoms with Crippen LogP contribution in [0, 0.1) is 0 Å². The minimum atomic E-state index is -0.581. The van der Waals surface area contributed by atoms with E-state index < -0.39 is 11.9 Å². The number of carbonyl (C=O) groups excluding carboxylic acids is 2. The van der Waals surface area contributed by atoms with Gasteiger partial charge in [0, 0.05) is 0 Å². The van der Waals surface area contributed by atoms with E-state index in [1.54, 1.807) is 25.3 Å². The third-order valence-corrected chi connectivity index (χ3v) is 4.19. The molecule has 0 radical (unpaired) electrons. The topological polar surface area (TPSA) is 68.5 Å². The molecule has 2 aromatic carbocycles. The van der Waals surface area contributed by atoms with Gasteiger partial charge in [0.1, 0.15) is 11.7 Å². The van der Waals surface area contributed by atoms with Crippen LogP contribution in [0.15, 0.2) is 83.5 Å². The number of hydrogen-bond donors (Lipinski definition) is 1. The van der Waals surface area contributed by atoms with Crippen molar-refractivity contribution in [2.75, 3.05) is 6.61 Å². The lowest BCUT2D eigenvalue weighted by Gasteiger charge is -2.17. The number of esters is 1. The Kier molecular flexibility index (Phi) is 6.05. The van der Waals surface area contributed by atoms with Crippen LogP contribution in [-0.2, 0) is 14.3 Å². The van der Waals surface area contributed by atoms with Crippen LogP contribution < -0.4 is 5.32 Å². The first kappa shape index (κ1) is 18.5. The smallest absolute Gasteiger partial charge is 0.318 e. The number of benzene rings is 2. The molecule has 0 spiro atoms. The average molecular weight is 363 g/mol. The SMILES string of the molecule is C[C@@H](NC(=O)COC(=O)C(c1ccccc1)c1ccccc1)c1ccco1. The van der Waals surface area contributed by atoms with E-state index in [4.69, 9.17) is 9.15 Å². The summed E-state index contributed by atoms with van der Waals surface area (Å²) in [5, 5.41) is 2.75. The van der Waals surface area contributed by atoms with Crippen molar-refractivity contribution in [3.05, 3.63) is 95.9 Å². The molecular formula is C22H21NO4. The molecule has 1 aromatic heterocycles. The summed E-state index contributed by atoms with van der Waals surface area (Å²) in [4.78, 5) is 24.9. The first-order chi connectivity index (χ1) is 13.1. The Bertz CT molecular complexity index is 820. The Hall–Kier alpha value is -3.34. The zero-order valence-corrected chi connectivity index (χ0v) is 15.0. The lowest BCUT2D eigenvalue weighted by atomic mass is 9.91. The molecule has 1 N–H and O–H groups in total. The zero-order chi connectivity index (χ0) is 19.1. The number of carbonyl (C=O) groups is 2. The Balaban J connectivity index is 1.65. The Morgan fingerprint density at radius 1 is 0.926 bits per heavy atom. The van der Waals surface area contributed by atoms with Gasteiger partial charge in [-0.15, -0.1) is 0 Å². The van der Waals surface area contributed by atoms with Crippen molar-refractivity contribution in [3.63, 3.8) is 0 Å². The summed E-state index contributed by atoms with van der Waals surface area (Å²) < 4.78 is 10.6. The van der Waals surface area contributed by atoms with Crippen LogP contribution in [0.4, 0.5) is 0 Å². The summed E-state index contributed by atoms with van der Waals surface area (Å²) in [6.45, 7) is 1.45. The maximum absolute atomic E-state index is 12.7. The van der Waals surface area contributed by atoms with Crippen LogP contribution in [0.2, 0.25) is 0 Å². The average Bonchev–Trinajstić information content (AvgIpc) is 3.23. The van der Waals surface area contributed by atoms with Crippen LogP contribution in [0.1, 0.15) is 35.8 Å². The summed E-state index contributed by atoms with van der Waals surface area (Å²) in [7, 11) is 0. The summed E-state index contributed by atoms with van der Waals surface area (Å²) in [6.07, 6.45) is 1.54. The van der Waals surface area contributed by atoms with Crippen molar-refractivity contribution in [1.29, 1.82) is 0 Å². The predicted octanol–water partition coefficient (Wildman–Crippen LogP) is 3.83. The Labute approximate surface area is 158 Å². The maximum Gasteiger partial charge on any atom is 0.318 e. The Morgan fingerprint density at radius 3 is 2.04 bits per heavy atom. The molecule has 0 bridgehead atoms. The quantitative estimate of drug-likeness (QED) is 0.648. The third kappa shape index (κ3) is 4.85. The fourth-order valence-corrected chi connectivity index (χ4v) is 2.87. The lowest BCUT2D eigenvalue weighted by Crippen LogP contribution is -2.32. The zero-order valence-electron chi connectivity index (χ0n) is 15.0. The maximum atomic E-state index is 12.7. The van der Waals surface area contributed by atoms with E-state index in [0.29, 0.717) is 5.76 Å². The van der Waals surface area contributed by atoms with Crippen LogP contribution >= 0.6 is 0 Å². The molecule has 0 saturated heterocycles. The van der Waals surface area contributed by atoms with Gasteiger partial charge in [-0.25, -0.2) is 0 Å². The van der Waals surface area contributed by atoms with Gasteiger partial charge < -0.3 is 14.5 Å². The largest absolute Gasteiger partial charge is 0.467 e. The molecule has 1 heterocycles. The van der Waals surface area contributed by atoms with Gasteiger partial charge in [-0.3, -0.25) is 9.59 Å². The van der Waals surface area contributed by atoms with Crippen molar-refractivity contribution >= 4 is 11.9 Å². The van der Waals surface area contributed by atoms with Gasteiger partial charge in [-0.1, -0.05) is 60.7 Å². The minimum Gasteiger partial charge on any atom is -0.467 e. The van der Waals surface area contributed by atoms with Crippen molar-refractivity contribution in [1.82, 2.24) is 5.32 Å². The monoisotopic (exact) mass is 363 g/mol. The number of amides is 1. The van der Waals surface area contributed by atoms with Crippen LogP contribution in [0.25, 0.3) is 0 Å². The van der Waals surface area contributed by atoms with Gasteiger partial charge in [-0.2, -0.15) is 0 Å². The number of hydrogen-bond acceptors (Lipinski definition) is 4. The van der Waals surface area contributed by atoms with E-state index >= 15 is 0 Å². The van der Waals surface area contributed by atoms with E-state index in [-0.39, 0.29) is 18.6 Å². The number of nitrogens with one attached hydrogen (secondary N) is 1. The summed E-state index contributed by atoms with van der Waals surface area (Å²) in [5.41, 5.74) is 1.64. The molecule has 3 aromatic rings. The van der Waals surface area contributed by atoms with Gasteiger partial charge in [0.15, 0.2) is 6.61 Å². The standard InChI is InChI=1S/C22H21NO4/c1-16(19-13-8-14-26-19)23-20(24)15-27-22(25)21(17-9-4-2-5-10-17)18-11-6-3-7-12-18/h2-14,16,21H,15H2,1H3,(H,23,24)/t16-/m1/s1.